The minimum Gasteiger partial charge on any atom is -0.351 e. The van der Waals surface area contributed by atoms with Crippen molar-refractivity contribution in [2.24, 2.45) is 5.73 Å². The number of rotatable bonds is 0. The lowest BCUT2D eigenvalue weighted by Gasteiger charge is -2.23. The molecule has 2 aromatic carbocycles. The Hall–Kier alpha value is -2.62. The van der Waals surface area contributed by atoms with Crippen LogP contribution in [0.5, 0.6) is 0 Å². The first-order valence-electron chi connectivity index (χ1n) is 5.83. The highest BCUT2D eigenvalue weighted by Gasteiger charge is 2.24. The van der Waals surface area contributed by atoms with Gasteiger partial charge in [0.15, 0.2) is 0 Å². The van der Waals surface area contributed by atoms with Gasteiger partial charge in [-0.3, -0.25) is 4.90 Å². The average Bonchev–Trinajstić information content (AvgIpc) is 2.56. The fourth-order valence-corrected chi connectivity index (χ4v) is 2.26. The molecule has 0 saturated carbocycles. The average molecular weight is 254 g/mol. The zero-order chi connectivity index (χ0) is 13.4. The molecule has 0 saturated heterocycles. The Morgan fingerprint density at radius 3 is 2.47 bits per heavy atom. The second kappa shape index (κ2) is 4.24. The molecule has 2 amide bonds. The van der Waals surface area contributed by atoms with Gasteiger partial charge in [0.25, 0.3) is 0 Å². The molecule has 19 heavy (non-hydrogen) atoms. The number of nitrogens with two attached hydrogens (primary N) is 1. The lowest BCUT2D eigenvalue weighted by atomic mass is 10.1. The molecule has 0 unspecified atom stereocenters. The number of carbonyl (C=O) groups excluding carboxylic acids is 1. The van der Waals surface area contributed by atoms with E-state index in [1.165, 1.54) is 11.0 Å². The third-order valence-electron chi connectivity index (χ3n) is 3.08. The molecule has 94 valence electrons. The summed E-state index contributed by atoms with van der Waals surface area (Å²) in [5.74, 6) is -0.474. The molecule has 0 aliphatic carbocycles. The maximum atomic E-state index is 14.1. The van der Waals surface area contributed by atoms with Crippen molar-refractivity contribution in [2.45, 2.75) is 0 Å². The van der Waals surface area contributed by atoms with E-state index in [2.05, 4.69) is 0 Å². The Morgan fingerprint density at radius 2 is 1.68 bits per heavy atom. The van der Waals surface area contributed by atoms with Crippen LogP contribution in [0.4, 0.5) is 20.6 Å². The van der Waals surface area contributed by atoms with E-state index in [0.717, 1.165) is 5.56 Å². The van der Waals surface area contributed by atoms with E-state index in [1.54, 1.807) is 30.3 Å². The lowest BCUT2D eigenvalue weighted by molar-refractivity contribution is 0.256. The number of carbonyl (C=O) groups is 1. The number of halogens is 1. The smallest absolute Gasteiger partial charge is 0.324 e. The first kappa shape index (κ1) is 11.5. The van der Waals surface area contributed by atoms with E-state index < -0.39 is 11.8 Å². The van der Waals surface area contributed by atoms with Crippen LogP contribution in [0.1, 0.15) is 11.1 Å². The SMILES string of the molecule is NC(=O)N1c2ccccc2C=Cc2cccc(F)c21. The standard InChI is InChI=1S/C15H11FN2O/c16-12-6-3-5-11-9-8-10-4-1-2-7-13(10)18(14(11)12)15(17)19/h1-9H,(H2,17,19). The summed E-state index contributed by atoms with van der Waals surface area (Å²) >= 11 is 0. The number of amides is 2. The summed E-state index contributed by atoms with van der Waals surface area (Å²) in [7, 11) is 0. The number of benzene rings is 2. The first-order valence-corrected chi connectivity index (χ1v) is 5.83. The number of fused-ring (bicyclic) bond motifs is 2. The van der Waals surface area contributed by atoms with Gasteiger partial charge in [-0.25, -0.2) is 9.18 Å². The summed E-state index contributed by atoms with van der Waals surface area (Å²) in [5, 5.41) is 0. The minimum atomic E-state index is -0.706. The topological polar surface area (TPSA) is 46.3 Å². The molecule has 0 radical (unpaired) electrons. The molecule has 0 spiro atoms. The number of hydrogen-bond acceptors (Lipinski definition) is 1. The van der Waals surface area contributed by atoms with E-state index in [4.69, 9.17) is 5.73 Å². The van der Waals surface area contributed by atoms with Crippen LogP contribution >= 0.6 is 0 Å². The van der Waals surface area contributed by atoms with Crippen molar-refractivity contribution in [1.29, 1.82) is 0 Å². The molecule has 0 fully saturated rings. The van der Waals surface area contributed by atoms with Gasteiger partial charge < -0.3 is 5.73 Å². The second-order valence-corrected chi connectivity index (χ2v) is 4.24. The number of urea groups is 1. The van der Waals surface area contributed by atoms with Crippen LogP contribution in [0.15, 0.2) is 42.5 Å². The van der Waals surface area contributed by atoms with Crippen molar-refractivity contribution in [3.63, 3.8) is 0 Å². The zero-order valence-electron chi connectivity index (χ0n) is 10.0. The fourth-order valence-electron chi connectivity index (χ4n) is 2.26. The van der Waals surface area contributed by atoms with E-state index in [-0.39, 0.29) is 5.69 Å². The van der Waals surface area contributed by atoms with Crippen LogP contribution in [0.2, 0.25) is 0 Å². The Morgan fingerprint density at radius 1 is 1.00 bits per heavy atom. The van der Waals surface area contributed by atoms with E-state index in [0.29, 0.717) is 11.3 Å². The molecular formula is C15H11FN2O. The molecule has 1 heterocycles. The van der Waals surface area contributed by atoms with Crippen molar-refractivity contribution >= 4 is 29.6 Å². The van der Waals surface area contributed by atoms with Crippen molar-refractivity contribution in [2.75, 3.05) is 4.90 Å². The molecule has 1 aliphatic rings. The third kappa shape index (κ3) is 1.78. The molecule has 0 atom stereocenters. The summed E-state index contributed by atoms with van der Waals surface area (Å²) in [6.45, 7) is 0. The van der Waals surface area contributed by atoms with E-state index in [1.807, 2.05) is 18.2 Å². The summed E-state index contributed by atoms with van der Waals surface area (Å²) in [6.07, 6.45) is 3.62. The number of para-hydroxylation sites is 2. The van der Waals surface area contributed by atoms with Gasteiger partial charge in [0.05, 0.1) is 11.4 Å². The fraction of sp³-hybridized carbons (Fsp3) is 0. The monoisotopic (exact) mass is 254 g/mol. The summed E-state index contributed by atoms with van der Waals surface area (Å²) in [6, 6.07) is 11.2. The zero-order valence-corrected chi connectivity index (χ0v) is 10.0. The van der Waals surface area contributed by atoms with Gasteiger partial charge in [-0.05, 0) is 17.7 Å². The number of nitrogens with zero attached hydrogens (tertiary/aromatic N) is 1. The van der Waals surface area contributed by atoms with Gasteiger partial charge in [-0.2, -0.15) is 0 Å². The summed E-state index contributed by atoms with van der Waals surface area (Å²) in [4.78, 5) is 12.9. The van der Waals surface area contributed by atoms with Crippen molar-refractivity contribution in [3.05, 3.63) is 59.4 Å². The molecule has 2 aromatic rings. The maximum Gasteiger partial charge on any atom is 0.324 e. The maximum absolute atomic E-state index is 14.1. The van der Waals surface area contributed by atoms with Gasteiger partial charge in [0.2, 0.25) is 0 Å². The Balaban J connectivity index is 2.35. The van der Waals surface area contributed by atoms with E-state index >= 15 is 0 Å². The van der Waals surface area contributed by atoms with Crippen LogP contribution < -0.4 is 10.6 Å². The Bertz CT molecular complexity index is 694. The molecular weight excluding hydrogens is 243 g/mol. The van der Waals surface area contributed by atoms with Gasteiger partial charge in [0.1, 0.15) is 5.82 Å². The normalized spacial score (nSPS) is 12.6. The van der Waals surface area contributed by atoms with Crippen LogP contribution in [-0.2, 0) is 0 Å². The predicted octanol–water partition coefficient (Wildman–Crippen LogP) is 3.53. The highest BCUT2D eigenvalue weighted by molar-refractivity contribution is 6.04. The highest BCUT2D eigenvalue weighted by Crippen LogP contribution is 2.37. The minimum absolute atomic E-state index is 0.191. The van der Waals surface area contributed by atoms with Crippen LogP contribution in [0, 0.1) is 5.82 Å². The number of hydrogen-bond donors (Lipinski definition) is 1. The highest BCUT2D eigenvalue weighted by atomic mass is 19.1. The number of anilines is 2. The first-order chi connectivity index (χ1) is 9.18. The molecule has 0 bridgehead atoms. The van der Waals surface area contributed by atoms with Gasteiger partial charge in [-0.1, -0.05) is 42.5 Å². The van der Waals surface area contributed by atoms with Crippen molar-refractivity contribution in [3.8, 4) is 0 Å². The Kier molecular flexibility index (Phi) is 2.56. The Labute approximate surface area is 109 Å². The van der Waals surface area contributed by atoms with Crippen molar-refractivity contribution in [1.82, 2.24) is 0 Å². The van der Waals surface area contributed by atoms with Crippen LogP contribution in [-0.4, -0.2) is 6.03 Å². The molecule has 4 heteroatoms. The predicted molar refractivity (Wildman–Crippen MR) is 73.5 cm³/mol. The quantitative estimate of drug-likeness (QED) is 0.768. The van der Waals surface area contributed by atoms with Gasteiger partial charge in [0, 0.05) is 5.56 Å². The van der Waals surface area contributed by atoms with Crippen LogP contribution in [0.25, 0.3) is 12.2 Å². The summed E-state index contributed by atoms with van der Waals surface area (Å²) < 4.78 is 14.1. The molecule has 2 N–H and O–H groups in total. The molecule has 3 nitrogen and oxygen atoms in total. The summed E-state index contributed by atoms with van der Waals surface area (Å²) in [5.41, 5.74) is 7.63. The van der Waals surface area contributed by atoms with Gasteiger partial charge >= 0.3 is 6.03 Å². The van der Waals surface area contributed by atoms with Crippen LogP contribution in [0.3, 0.4) is 0 Å². The third-order valence-corrected chi connectivity index (χ3v) is 3.08. The molecule has 1 aliphatic heterocycles. The largest absolute Gasteiger partial charge is 0.351 e. The van der Waals surface area contributed by atoms with Crippen molar-refractivity contribution < 1.29 is 9.18 Å². The molecule has 0 aromatic heterocycles. The van der Waals surface area contributed by atoms with E-state index in [9.17, 15) is 9.18 Å². The lowest BCUT2D eigenvalue weighted by Crippen LogP contribution is -2.32. The number of primary amides is 1. The van der Waals surface area contributed by atoms with Gasteiger partial charge in [-0.15, -0.1) is 0 Å². The second-order valence-electron chi connectivity index (χ2n) is 4.24. The molecule has 3 rings (SSSR count).